The van der Waals surface area contributed by atoms with E-state index in [1.54, 1.807) is 32.3 Å². The number of aliphatic carboxylic acids is 1. The molecule has 0 radical (unpaired) electrons. The largest absolute Gasteiger partial charge is 0.481 e. The van der Waals surface area contributed by atoms with Crippen molar-refractivity contribution in [2.45, 2.75) is 43.7 Å². The maximum Gasteiger partial charge on any atom is 0.304 e. The summed E-state index contributed by atoms with van der Waals surface area (Å²) in [6, 6.07) is 11.7. The number of aryl methyl sites for hydroxylation is 2. The highest BCUT2D eigenvalue weighted by Crippen LogP contribution is 2.32. The number of hydrogen-bond acceptors (Lipinski definition) is 6. The predicted octanol–water partition coefficient (Wildman–Crippen LogP) is 2.67. The molecule has 0 saturated heterocycles. The Kier molecular flexibility index (Phi) is 6.77. The van der Waals surface area contributed by atoms with Crippen molar-refractivity contribution >= 4 is 16.0 Å². The van der Waals surface area contributed by atoms with Crippen LogP contribution in [0.2, 0.25) is 0 Å². The molecule has 0 spiro atoms. The van der Waals surface area contributed by atoms with Gasteiger partial charge in [-0.3, -0.25) is 9.59 Å². The Morgan fingerprint density at radius 1 is 1.23 bits per heavy atom. The molecule has 0 bridgehead atoms. The van der Waals surface area contributed by atoms with Crippen molar-refractivity contribution in [1.29, 1.82) is 0 Å². The molecule has 9 nitrogen and oxygen atoms in total. The summed E-state index contributed by atoms with van der Waals surface area (Å²) in [6.07, 6.45) is 2.48. The standard InChI is InChI=1S/C25H27N3O6S/c1-16-6-7-18(21(13-24(30)31)19-8-10-27(3)23(29)12-19)11-20(16)15-28-14-17(2)34-25-22(35(28,32)33)5-4-9-26-25/h4-12,17,21H,13-15H2,1-3H3,(H,30,31). The number of benzene rings is 1. The summed E-state index contributed by atoms with van der Waals surface area (Å²) >= 11 is 0. The molecule has 0 aliphatic carbocycles. The fourth-order valence-corrected chi connectivity index (χ4v) is 5.78. The molecule has 1 aliphatic heterocycles. The van der Waals surface area contributed by atoms with Gasteiger partial charge in [0.2, 0.25) is 15.9 Å². The summed E-state index contributed by atoms with van der Waals surface area (Å²) in [5.74, 6) is -1.48. The van der Waals surface area contributed by atoms with Crippen molar-refractivity contribution in [3.63, 3.8) is 0 Å². The third-order valence-corrected chi connectivity index (χ3v) is 7.98. The molecule has 184 valence electrons. The van der Waals surface area contributed by atoms with E-state index in [-0.39, 0.29) is 35.8 Å². The Morgan fingerprint density at radius 2 is 1.97 bits per heavy atom. The van der Waals surface area contributed by atoms with Gasteiger partial charge in [-0.15, -0.1) is 0 Å². The van der Waals surface area contributed by atoms with Crippen molar-refractivity contribution in [2.75, 3.05) is 6.54 Å². The number of nitrogens with zero attached hydrogens (tertiary/aromatic N) is 3. The fraction of sp³-hybridized carbons (Fsp3) is 0.320. The number of aromatic nitrogens is 2. The molecule has 0 saturated carbocycles. The average molecular weight is 498 g/mol. The van der Waals surface area contributed by atoms with Gasteiger partial charge < -0.3 is 14.4 Å². The highest BCUT2D eigenvalue weighted by atomic mass is 32.2. The molecule has 2 atom stereocenters. The smallest absolute Gasteiger partial charge is 0.304 e. The van der Waals surface area contributed by atoms with Crippen molar-refractivity contribution in [3.05, 3.63) is 87.5 Å². The molecule has 1 aromatic carbocycles. The Hall–Kier alpha value is -3.50. The second kappa shape index (κ2) is 9.63. The number of pyridine rings is 2. The Bertz CT molecular complexity index is 1430. The summed E-state index contributed by atoms with van der Waals surface area (Å²) in [6.45, 7) is 3.88. The normalized spacial score (nSPS) is 18.2. The molecular weight excluding hydrogens is 470 g/mol. The SMILES string of the molecule is Cc1ccc(C(CC(=O)O)c2ccn(C)c(=O)c2)cc1CN1CC(C)Oc2ncccc2S1(=O)=O. The fourth-order valence-electron chi connectivity index (χ4n) is 4.21. The number of sulfonamides is 1. The second-order valence-electron chi connectivity index (χ2n) is 8.78. The maximum absolute atomic E-state index is 13.4. The lowest BCUT2D eigenvalue weighted by Crippen LogP contribution is -2.35. The Balaban J connectivity index is 1.74. The molecule has 3 aromatic rings. The van der Waals surface area contributed by atoms with Crippen molar-refractivity contribution in [1.82, 2.24) is 13.9 Å². The average Bonchev–Trinajstić information content (AvgIpc) is 2.89. The number of rotatable bonds is 6. The molecule has 2 aromatic heterocycles. The van der Waals surface area contributed by atoms with Crippen molar-refractivity contribution in [3.8, 4) is 5.88 Å². The Morgan fingerprint density at radius 3 is 2.69 bits per heavy atom. The van der Waals surface area contributed by atoms with E-state index >= 15 is 0 Å². The van der Waals surface area contributed by atoms with Gasteiger partial charge in [0, 0.05) is 38.0 Å². The first-order chi connectivity index (χ1) is 16.6. The molecule has 1 aliphatic rings. The van der Waals surface area contributed by atoms with E-state index in [0.717, 1.165) is 11.1 Å². The van der Waals surface area contributed by atoms with Gasteiger partial charge in [-0.2, -0.15) is 4.31 Å². The number of hydrogen-bond donors (Lipinski definition) is 1. The monoisotopic (exact) mass is 497 g/mol. The summed E-state index contributed by atoms with van der Waals surface area (Å²) in [7, 11) is -2.25. The van der Waals surface area contributed by atoms with Crippen LogP contribution in [-0.4, -0.2) is 46.0 Å². The van der Waals surface area contributed by atoms with Gasteiger partial charge in [-0.25, -0.2) is 13.4 Å². The van der Waals surface area contributed by atoms with Gasteiger partial charge in [-0.05, 0) is 54.3 Å². The van der Waals surface area contributed by atoms with Crippen LogP contribution in [0.25, 0.3) is 0 Å². The van der Waals surface area contributed by atoms with Crippen molar-refractivity contribution < 1.29 is 23.1 Å². The second-order valence-corrected chi connectivity index (χ2v) is 10.7. The highest BCUT2D eigenvalue weighted by molar-refractivity contribution is 7.89. The molecule has 2 unspecified atom stereocenters. The molecule has 10 heteroatoms. The minimum absolute atomic E-state index is 0.0158. The molecule has 0 amide bonds. The van der Waals surface area contributed by atoms with Crippen LogP contribution in [0.1, 0.15) is 41.5 Å². The number of carboxylic acids is 1. The van der Waals surface area contributed by atoms with Crippen LogP contribution in [-0.2, 0) is 28.4 Å². The zero-order valence-corrected chi connectivity index (χ0v) is 20.5. The van der Waals surface area contributed by atoms with Crippen LogP contribution < -0.4 is 10.3 Å². The quantitative estimate of drug-likeness (QED) is 0.556. The topological polar surface area (TPSA) is 119 Å². The molecule has 0 fully saturated rings. The minimum Gasteiger partial charge on any atom is -0.481 e. The van der Waals surface area contributed by atoms with Crippen molar-refractivity contribution in [2.24, 2.45) is 7.05 Å². The molecule has 1 N–H and O–H groups in total. The van der Waals surface area contributed by atoms with Gasteiger partial charge in [0.25, 0.3) is 5.56 Å². The predicted molar refractivity (Wildman–Crippen MR) is 129 cm³/mol. The first kappa shape index (κ1) is 24.6. The van der Waals surface area contributed by atoms with Crippen LogP contribution in [0.5, 0.6) is 5.88 Å². The van der Waals surface area contributed by atoms with Crippen LogP contribution in [0.3, 0.4) is 0 Å². The van der Waals surface area contributed by atoms with Gasteiger partial charge >= 0.3 is 5.97 Å². The number of fused-ring (bicyclic) bond motifs is 1. The first-order valence-electron chi connectivity index (χ1n) is 11.2. The van der Waals surface area contributed by atoms with E-state index in [1.165, 1.54) is 27.2 Å². The molecular formula is C25H27N3O6S. The lowest BCUT2D eigenvalue weighted by Gasteiger charge is -2.23. The number of carboxylic acid groups (broad SMARTS) is 1. The van der Waals surface area contributed by atoms with E-state index in [1.807, 2.05) is 25.1 Å². The summed E-state index contributed by atoms with van der Waals surface area (Å²) < 4.78 is 35.4. The molecule has 3 heterocycles. The van der Waals surface area contributed by atoms with Gasteiger partial charge in [0.1, 0.15) is 11.0 Å². The summed E-state index contributed by atoms with van der Waals surface area (Å²) in [5, 5.41) is 9.55. The third kappa shape index (κ3) is 5.13. The van der Waals surface area contributed by atoms with Crippen LogP contribution in [0, 0.1) is 6.92 Å². The third-order valence-electron chi connectivity index (χ3n) is 6.16. The van der Waals surface area contributed by atoms with E-state index in [9.17, 15) is 23.1 Å². The van der Waals surface area contributed by atoms with E-state index < -0.39 is 28.0 Å². The van der Waals surface area contributed by atoms with Gasteiger partial charge in [0.15, 0.2) is 0 Å². The highest BCUT2D eigenvalue weighted by Gasteiger charge is 2.34. The minimum atomic E-state index is -3.87. The Labute approximate surface area is 203 Å². The lowest BCUT2D eigenvalue weighted by atomic mass is 9.87. The van der Waals surface area contributed by atoms with Gasteiger partial charge in [0.05, 0.1) is 13.0 Å². The first-order valence-corrected chi connectivity index (χ1v) is 12.6. The van der Waals surface area contributed by atoms with E-state index in [4.69, 9.17) is 4.74 Å². The van der Waals surface area contributed by atoms with E-state index in [0.29, 0.717) is 11.1 Å². The molecule has 35 heavy (non-hydrogen) atoms. The number of ether oxygens (including phenoxy) is 1. The zero-order valence-electron chi connectivity index (χ0n) is 19.7. The van der Waals surface area contributed by atoms with E-state index in [2.05, 4.69) is 4.98 Å². The number of carbonyl (C=O) groups is 1. The molecule has 4 rings (SSSR count). The lowest BCUT2D eigenvalue weighted by molar-refractivity contribution is -0.137. The van der Waals surface area contributed by atoms with Gasteiger partial charge in [-0.1, -0.05) is 18.2 Å². The summed E-state index contributed by atoms with van der Waals surface area (Å²) in [4.78, 5) is 28.0. The summed E-state index contributed by atoms with van der Waals surface area (Å²) in [5.41, 5.74) is 2.66. The zero-order chi connectivity index (χ0) is 25.3. The maximum atomic E-state index is 13.4. The van der Waals surface area contributed by atoms with Crippen LogP contribution >= 0.6 is 0 Å². The van der Waals surface area contributed by atoms with Crippen LogP contribution in [0.4, 0.5) is 0 Å². The van der Waals surface area contributed by atoms with Crippen LogP contribution in [0.15, 0.2) is 64.5 Å².